The number of anilines is 1. The van der Waals surface area contributed by atoms with Gasteiger partial charge in [-0.05, 0) is 25.4 Å². The van der Waals surface area contributed by atoms with E-state index in [-0.39, 0.29) is 23.3 Å². The molecule has 2 rings (SSSR count). The van der Waals surface area contributed by atoms with Crippen molar-refractivity contribution >= 4 is 17.5 Å². The van der Waals surface area contributed by atoms with Crippen LogP contribution in [0, 0.1) is 0 Å². The smallest absolute Gasteiger partial charge is 0.328 e. The summed E-state index contributed by atoms with van der Waals surface area (Å²) in [6.07, 6.45) is 3.30. The Kier molecular flexibility index (Phi) is 3.10. The SMILES string of the molecule is CC(C)n1cc(Oc2nc(N)nc(Cl)n2)cn1. The minimum absolute atomic E-state index is 0.0104. The summed E-state index contributed by atoms with van der Waals surface area (Å²) < 4.78 is 7.11. The fraction of sp³-hybridized carbons (Fsp3) is 0.333. The molecule has 2 heterocycles. The van der Waals surface area contributed by atoms with Crippen molar-refractivity contribution in [2.24, 2.45) is 0 Å². The summed E-state index contributed by atoms with van der Waals surface area (Å²) in [5.41, 5.74) is 5.42. The molecule has 0 saturated heterocycles. The van der Waals surface area contributed by atoms with Crippen LogP contribution in [0.4, 0.5) is 5.95 Å². The minimum atomic E-state index is -0.0104. The highest BCUT2D eigenvalue weighted by Crippen LogP contribution is 2.19. The fourth-order valence-corrected chi connectivity index (χ4v) is 1.31. The highest BCUT2D eigenvalue weighted by molar-refractivity contribution is 6.28. The number of rotatable bonds is 3. The van der Waals surface area contributed by atoms with Crippen molar-refractivity contribution in [2.45, 2.75) is 19.9 Å². The van der Waals surface area contributed by atoms with E-state index in [0.29, 0.717) is 5.75 Å². The lowest BCUT2D eigenvalue weighted by Gasteiger charge is -2.03. The summed E-state index contributed by atoms with van der Waals surface area (Å²) in [6.45, 7) is 4.02. The third kappa shape index (κ3) is 2.82. The summed E-state index contributed by atoms with van der Waals surface area (Å²) >= 11 is 5.63. The number of hydrogen-bond acceptors (Lipinski definition) is 6. The molecule has 0 unspecified atom stereocenters. The lowest BCUT2D eigenvalue weighted by atomic mass is 10.4. The van der Waals surface area contributed by atoms with Gasteiger partial charge in [-0.25, -0.2) is 0 Å². The Labute approximate surface area is 103 Å². The average molecular weight is 255 g/mol. The van der Waals surface area contributed by atoms with Crippen molar-refractivity contribution in [3.8, 4) is 11.8 Å². The van der Waals surface area contributed by atoms with Crippen LogP contribution in [0.2, 0.25) is 5.28 Å². The van der Waals surface area contributed by atoms with E-state index in [1.165, 1.54) is 0 Å². The second-order valence-corrected chi connectivity index (χ2v) is 3.94. The molecule has 0 aromatic carbocycles. The normalized spacial score (nSPS) is 10.8. The van der Waals surface area contributed by atoms with Crippen LogP contribution in [-0.2, 0) is 0 Å². The van der Waals surface area contributed by atoms with E-state index in [9.17, 15) is 0 Å². The van der Waals surface area contributed by atoms with Crippen LogP contribution in [0.3, 0.4) is 0 Å². The molecular weight excluding hydrogens is 244 g/mol. The second kappa shape index (κ2) is 4.54. The minimum Gasteiger partial charge on any atom is -0.421 e. The molecule has 8 heteroatoms. The molecule has 0 radical (unpaired) electrons. The van der Waals surface area contributed by atoms with Gasteiger partial charge in [0.1, 0.15) is 0 Å². The quantitative estimate of drug-likeness (QED) is 0.896. The van der Waals surface area contributed by atoms with Crippen molar-refractivity contribution in [2.75, 3.05) is 5.73 Å². The van der Waals surface area contributed by atoms with Crippen LogP contribution in [0.25, 0.3) is 0 Å². The van der Waals surface area contributed by atoms with Crippen molar-refractivity contribution in [3.05, 3.63) is 17.7 Å². The molecule has 0 spiro atoms. The number of aromatic nitrogens is 5. The maximum absolute atomic E-state index is 5.63. The zero-order valence-electron chi connectivity index (χ0n) is 9.33. The molecule has 0 amide bonds. The molecule has 0 aliphatic rings. The van der Waals surface area contributed by atoms with Gasteiger partial charge >= 0.3 is 6.01 Å². The zero-order valence-corrected chi connectivity index (χ0v) is 10.1. The Morgan fingerprint density at radius 3 is 2.71 bits per heavy atom. The first-order chi connectivity index (χ1) is 8.04. The maximum atomic E-state index is 5.63. The number of hydrogen-bond donors (Lipinski definition) is 1. The standard InChI is InChI=1S/C9H11ClN6O/c1-5(2)16-4-6(3-12-16)17-9-14-7(10)13-8(11)15-9/h3-5H,1-2H3,(H2,11,13,14,15). The molecule has 0 aliphatic heterocycles. The lowest BCUT2D eigenvalue weighted by molar-refractivity contribution is 0.438. The van der Waals surface area contributed by atoms with Gasteiger partial charge in [0.2, 0.25) is 11.2 Å². The molecule has 7 nitrogen and oxygen atoms in total. The van der Waals surface area contributed by atoms with Crippen LogP contribution in [0.15, 0.2) is 12.4 Å². The molecule has 0 atom stereocenters. The molecule has 90 valence electrons. The Hall–Kier alpha value is -1.89. The summed E-state index contributed by atoms with van der Waals surface area (Å²) in [6, 6.07) is 0.296. The van der Waals surface area contributed by atoms with E-state index in [1.807, 2.05) is 13.8 Å². The molecule has 0 bridgehead atoms. The summed E-state index contributed by atoms with van der Waals surface area (Å²) in [5.74, 6) is 0.525. The summed E-state index contributed by atoms with van der Waals surface area (Å²) in [7, 11) is 0. The van der Waals surface area contributed by atoms with Gasteiger partial charge in [0.05, 0.1) is 12.4 Å². The van der Waals surface area contributed by atoms with Crippen molar-refractivity contribution < 1.29 is 4.74 Å². The Bertz CT molecular complexity index is 506. The number of nitrogens with two attached hydrogens (primary N) is 1. The van der Waals surface area contributed by atoms with Gasteiger partial charge in [-0.3, -0.25) is 4.68 Å². The van der Waals surface area contributed by atoms with Crippen LogP contribution in [-0.4, -0.2) is 24.7 Å². The van der Waals surface area contributed by atoms with Gasteiger partial charge in [0.15, 0.2) is 5.75 Å². The first kappa shape index (κ1) is 11.6. The van der Waals surface area contributed by atoms with E-state index < -0.39 is 0 Å². The summed E-state index contributed by atoms with van der Waals surface area (Å²) in [4.78, 5) is 11.2. The van der Waals surface area contributed by atoms with Gasteiger partial charge in [0.25, 0.3) is 0 Å². The fourth-order valence-electron chi connectivity index (χ4n) is 1.15. The first-order valence-electron chi connectivity index (χ1n) is 4.93. The molecule has 0 fully saturated rings. The number of halogens is 1. The predicted molar refractivity (Wildman–Crippen MR) is 61.9 cm³/mol. The number of ether oxygens (including phenoxy) is 1. The van der Waals surface area contributed by atoms with Crippen LogP contribution in [0.1, 0.15) is 19.9 Å². The van der Waals surface area contributed by atoms with Crippen molar-refractivity contribution in [1.29, 1.82) is 0 Å². The van der Waals surface area contributed by atoms with Crippen molar-refractivity contribution in [1.82, 2.24) is 24.7 Å². The van der Waals surface area contributed by atoms with Gasteiger partial charge in [-0.2, -0.15) is 20.1 Å². The largest absolute Gasteiger partial charge is 0.421 e. The van der Waals surface area contributed by atoms with Gasteiger partial charge < -0.3 is 10.5 Å². The lowest BCUT2D eigenvalue weighted by Crippen LogP contribution is -2.01. The molecular formula is C9H11ClN6O. The third-order valence-electron chi connectivity index (χ3n) is 1.92. The molecule has 17 heavy (non-hydrogen) atoms. The van der Waals surface area contributed by atoms with E-state index in [2.05, 4.69) is 20.1 Å². The topological polar surface area (TPSA) is 91.7 Å². The average Bonchev–Trinajstić information content (AvgIpc) is 2.64. The van der Waals surface area contributed by atoms with Gasteiger partial charge in [-0.1, -0.05) is 0 Å². The number of nitrogen functional groups attached to an aromatic ring is 1. The maximum Gasteiger partial charge on any atom is 0.328 e. The van der Waals surface area contributed by atoms with Crippen LogP contribution >= 0.6 is 11.6 Å². The van der Waals surface area contributed by atoms with Crippen LogP contribution < -0.4 is 10.5 Å². The van der Waals surface area contributed by atoms with Gasteiger partial charge in [0, 0.05) is 6.04 Å². The van der Waals surface area contributed by atoms with E-state index in [0.717, 1.165) is 0 Å². The number of nitrogens with zero attached hydrogens (tertiary/aromatic N) is 5. The molecule has 2 aromatic heterocycles. The Balaban J connectivity index is 2.19. The molecule has 0 aliphatic carbocycles. The Morgan fingerprint density at radius 2 is 2.12 bits per heavy atom. The molecule has 2 N–H and O–H groups in total. The van der Waals surface area contributed by atoms with E-state index >= 15 is 0 Å². The second-order valence-electron chi connectivity index (χ2n) is 3.60. The monoisotopic (exact) mass is 254 g/mol. The highest BCUT2D eigenvalue weighted by atomic mass is 35.5. The van der Waals surface area contributed by atoms with Gasteiger partial charge in [-0.15, -0.1) is 0 Å². The third-order valence-corrected chi connectivity index (χ3v) is 2.09. The van der Waals surface area contributed by atoms with E-state index in [4.69, 9.17) is 22.1 Å². The Morgan fingerprint density at radius 1 is 1.35 bits per heavy atom. The predicted octanol–water partition coefficient (Wildman–Crippen LogP) is 1.68. The summed E-state index contributed by atoms with van der Waals surface area (Å²) in [5, 5.41) is 4.10. The molecule has 0 saturated carbocycles. The highest BCUT2D eigenvalue weighted by Gasteiger charge is 2.07. The zero-order chi connectivity index (χ0) is 12.4. The molecule has 2 aromatic rings. The van der Waals surface area contributed by atoms with E-state index in [1.54, 1.807) is 17.1 Å². The first-order valence-corrected chi connectivity index (χ1v) is 5.31. The van der Waals surface area contributed by atoms with Crippen LogP contribution in [0.5, 0.6) is 11.8 Å². The van der Waals surface area contributed by atoms with Crippen molar-refractivity contribution in [3.63, 3.8) is 0 Å².